The van der Waals surface area contributed by atoms with Crippen molar-refractivity contribution in [3.8, 4) is 0 Å². The summed E-state index contributed by atoms with van der Waals surface area (Å²) in [6.07, 6.45) is -5.50. The maximum Gasteiger partial charge on any atom is 0.416 e. The molecule has 2 N–H and O–H groups in total. The molecule has 184 valence electrons. The predicted molar refractivity (Wildman–Crippen MR) is 113 cm³/mol. The van der Waals surface area contributed by atoms with Gasteiger partial charge < -0.3 is 29.7 Å². The van der Waals surface area contributed by atoms with Crippen molar-refractivity contribution in [1.82, 2.24) is 5.32 Å². The zero-order valence-electron chi connectivity index (χ0n) is 18.7. The summed E-state index contributed by atoms with van der Waals surface area (Å²) in [7, 11) is 0. The molecule has 9 nitrogen and oxygen atoms in total. The fraction of sp³-hybridized carbons (Fsp3) is 0.571. The Kier molecular flexibility index (Phi) is 8.91. The van der Waals surface area contributed by atoms with Gasteiger partial charge in [-0.05, 0) is 39.0 Å². The average molecular weight is 475 g/mol. The molecule has 0 spiro atoms. The van der Waals surface area contributed by atoms with Gasteiger partial charge in [-0.3, -0.25) is 9.59 Å². The molecule has 0 aromatic heterocycles. The van der Waals surface area contributed by atoms with Gasteiger partial charge in [-0.25, -0.2) is 4.79 Å². The minimum Gasteiger partial charge on any atom is -0.456 e. The van der Waals surface area contributed by atoms with E-state index in [0.717, 1.165) is 12.1 Å². The molecule has 1 saturated heterocycles. The number of benzene rings is 1. The molecular weight excluding hydrogens is 447 g/mol. The number of hydrogen-bond acceptors (Lipinski definition) is 7. The summed E-state index contributed by atoms with van der Waals surface area (Å²) in [5.74, 6) is -1.56. The van der Waals surface area contributed by atoms with Gasteiger partial charge in [0.2, 0.25) is 0 Å². The number of nitrogens with zero attached hydrogens (tertiary/aromatic N) is 1. The third kappa shape index (κ3) is 9.16. The van der Waals surface area contributed by atoms with Crippen LogP contribution in [0.2, 0.25) is 0 Å². The number of ether oxygens (including phenoxy) is 3. The molecule has 1 aromatic carbocycles. The molecule has 0 aliphatic carbocycles. The van der Waals surface area contributed by atoms with Crippen LogP contribution in [0.25, 0.3) is 0 Å². The molecule has 12 heteroatoms. The first-order chi connectivity index (χ1) is 15.3. The van der Waals surface area contributed by atoms with Crippen LogP contribution >= 0.6 is 0 Å². The number of anilines is 2. The lowest BCUT2D eigenvalue weighted by atomic mass is 10.1. The lowest BCUT2D eigenvalue weighted by molar-refractivity contribution is -0.147. The van der Waals surface area contributed by atoms with Crippen molar-refractivity contribution in [2.45, 2.75) is 39.0 Å². The molecule has 33 heavy (non-hydrogen) atoms. The molecule has 2 rings (SSSR count). The second kappa shape index (κ2) is 11.2. The topological polar surface area (TPSA) is 106 Å². The highest BCUT2D eigenvalue weighted by molar-refractivity contribution is 5.96. The van der Waals surface area contributed by atoms with E-state index in [-0.39, 0.29) is 18.7 Å². The van der Waals surface area contributed by atoms with Crippen molar-refractivity contribution in [1.29, 1.82) is 0 Å². The Morgan fingerprint density at radius 1 is 1.12 bits per heavy atom. The van der Waals surface area contributed by atoms with Gasteiger partial charge in [-0.2, -0.15) is 13.2 Å². The summed E-state index contributed by atoms with van der Waals surface area (Å²) >= 11 is 0. The zero-order valence-corrected chi connectivity index (χ0v) is 18.7. The van der Waals surface area contributed by atoms with E-state index < -0.39 is 41.9 Å². The second-order valence-corrected chi connectivity index (χ2v) is 8.22. The number of halogens is 3. The van der Waals surface area contributed by atoms with Crippen molar-refractivity contribution in [2.75, 3.05) is 49.7 Å². The molecule has 0 atom stereocenters. The minimum atomic E-state index is -4.59. The Morgan fingerprint density at radius 3 is 2.39 bits per heavy atom. The van der Waals surface area contributed by atoms with E-state index in [4.69, 9.17) is 14.2 Å². The highest BCUT2D eigenvalue weighted by Crippen LogP contribution is 2.35. The number of rotatable bonds is 7. The van der Waals surface area contributed by atoms with Gasteiger partial charge in [-0.15, -0.1) is 0 Å². The van der Waals surface area contributed by atoms with Crippen LogP contribution in [0.5, 0.6) is 0 Å². The first kappa shape index (κ1) is 26.2. The van der Waals surface area contributed by atoms with E-state index in [2.05, 4.69) is 10.6 Å². The maximum absolute atomic E-state index is 13.1. The van der Waals surface area contributed by atoms with Gasteiger partial charge in [0.25, 0.3) is 5.91 Å². The summed E-state index contributed by atoms with van der Waals surface area (Å²) in [4.78, 5) is 37.4. The molecule has 0 unspecified atom stereocenters. The molecule has 0 radical (unpaired) electrons. The van der Waals surface area contributed by atoms with Crippen molar-refractivity contribution in [3.05, 3.63) is 23.8 Å². The highest BCUT2D eigenvalue weighted by atomic mass is 19.4. The largest absolute Gasteiger partial charge is 0.456 e. The van der Waals surface area contributed by atoms with Gasteiger partial charge in [0.15, 0.2) is 6.61 Å². The van der Waals surface area contributed by atoms with Gasteiger partial charge >= 0.3 is 18.2 Å². The van der Waals surface area contributed by atoms with E-state index in [1.54, 1.807) is 25.7 Å². The Morgan fingerprint density at radius 2 is 1.79 bits per heavy atom. The molecule has 2 amide bonds. The van der Waals surface area contributed by atoms with Crippen LogP contribution in [0, 0.1) is 0 Å². The summed E-state index contributed by atoms with van der Waals surface area (Å²) in [6.45, 7) is 6.03. The molecule has 1 heterocycles. The summed E-state index contributed by atoms with van der Waals surface area (Å²) in [5, 5.41) is 4.76. The second-order valence-electron chi connectivity index (χ2n) is 8.22. The summed E-state index contributed by atoms with van der Waals surface area (Å²) in [6, 6.07) is 3.07. The Labute approximate surface area is 189 Å². The number of alkyl carbamates (subject to hydrolysis) is 1. The van der Waals surface area contributed by atoms with Gasteiger partial charge in [-0.1, -0.05) is 0 Å². The third-order valence-electron chi connectivity index (χ3n) is 4.31. The minimum absolute atomic E-state index is 0.0423. The van der Waals surface area contributed by atoms with Crippen molar-refractivity contribution >= 4 is 29.3 Å². The summed E-state index contributed by atoms with van der Waals surface area (Å²) < 4.78 is 54.6. The van der Waals surface area contributed by atoms with E-state index >= 15 is 0 Å². The van der Waals surface area contributed by atoms with Crippen LogP contribution in [-0.2, 0) is 30.0 Å². The third-order valence-corrected chi connectivity index (χ3v) is 4.31. The van der Waals surface area contributed by atoms with Gasteiger partial charge in [0.1, 0.15) is 5.60 Å². The molecule has 0 saturated carbocycles. The van der Waals surface area contributed by atoms with Crippen LogP contribution < -0.4 is 15.5 Å². The van der Waals surface area contributed by atoms with Gasteiger partial charge in [0, 0.05) is 19.6 Å². The first-order valence-corrected chi connectivity index (χ1v) is 10.3. The van der Waals surface area contributed by atoms with Gasteiger partial charge in [0.05, 0.1) is 36.6 Å². The van der Waals surface area contributed by atoms with Crippen LogP contribution in [0.4, 0.5) is 29.3 Å². The van der Waals surface area contributed by atoms with Crippen molar-refractivity contribution < 1.29 is 41.8 Å². The van der Waals surface area contributed by atoms with E-state index in [0.29, 0.717) is 32.0 Å². The van der Waals surface area contributed by atoms with E-state index in [9.17, 15) is 27.6 Å². The number of nitrogens with one attached hydrogen (secondary N) is 2. The van der Waals surface area contributed by atoms with Crippen molar-refractivity contribution in [3.63, 3.8) is 0 Å². The van der Waals surface area contributed by atoms with Crippen molar-refractivity contribution in [2.24, 2.45) is 0 Å². The van der Waals surface area contributed by atoms with Crippen LogP contribution in [0.15, 0.2) is 18.2 Å². The normalized spacial score (nSPS) is 14.4. The predicted octanol–water partition coefficient (Wildman–Crippen LogP) is 2.94. The Bertz CT molecular complexity index is 849. The smallest absolute Gasteiger partial charge is 0.416 e. The molecular formula is C21H28F3N3O6. The SMILES string of the molecule is CC(C)(C)OC(=O)NCCC(=O)OCC(=O)Nc1cc(C(F)(F)F)ccc1N1CCOCC1. The quantitative estimate of drug-likeness (QED) is 0.584. The molecule has 1 aromatic rings. The molecule has 1 aliphatic heterocycles. The summed E-state index contributed by atoms with van der Waals surface area (Å²) in [5.41, 5.74) is -1.24. The molecule has 0 bridgehead atoms. The number of amides is 2. The Balaban J connectivity index is 1.91. The lowest BCUT2D eigenvalue weighted by Crippen LogP contribution is -2.37. The number of esters is 1. The number of morpholine rings is 1. The fourth-order valence-electron chi connectivity index (χ4n) is 2.88. The standard InChI is InChI=1S/C21H28F3N3O6/c1-20(2,3)33-19(30)25-7-6-18(29)32-13-17(28)26-15-12-14(21(22,23)24)4-5-16(15)27-8-10-31-11-9-27/h4-5,12H,6-11,13H2,1-3H3,(H,25,30)(H,26,28). The van der Waals surface area contributed by atoms with E-state index in [1.807, 2.05) is 0 Å². The highest BCUT2D eigenvalue weighted by Gasteiger charge is 2.32. The van der Waals surface area contributed by atoms with Crippen LogP contribution in [0.3, 0.4) is 0 Å². The van der Waals surface area contributed by atoms with Crippen LogP contribution in [-0.4, -0.2) is 63.0 Å². The van der Waals surface area contributed by atoms with Crippen LogP contribution in [0.1, 0.15) is 32.8 Å². The lowest BCUT2D eigenvalue weighted by Gasteiger charge is -2.31. The van der Waals surface area contributed by atoms with E-state index in [1.165, 1.54) is 6.07 Å². The zero-order chi connectivity index (χ0) is 24.6. The number of hydrogen-bond donors (Lipinski definition) is 2. The Hall–Kier alpha value is -3.02. The number of alkyl halides is 3. The monoisotopic (exact) mass is 475 g/mol. The number of carbonyl (C=O) groups is 3. The maximum atomic E-state index is 13.1. The number of carbonyl (C=O) groups excluding carboxylic acids is 3. The average Bonchev–Trinajstić information content (AvgIpc) is 2.71. The first-order valence-electron chi connectivity index (χ1n) is 10.3. The molecule has 1 fully saturated rings. The molecule has 1 aliphatic rings. The fourth-order valence-corrected chi connectivity index (χ4v) is 2.88.